The van der Waals surface area contributed by atoms with Crippen LogP contribution in [0.1, 0.15) is 19.5 Å². The normalized spacial score (nSPS) is 23.6. The molecule has 0 saturated heterocycles. The number of halogens is 3. The zero-order valence-corrected chi connectivity index (χ0v) is 22.6. The standard InChI is InChI=1S/C21H21Br3N2O4S/c1-19(2)17(18(21(22,23)24)30-31(3,27)28)20(19,13-25)12-14-8-7-11-16(26-14)29-15-9-5-4-6-10-15/h4-11,17-18H,12H2,1-3H3/t17-,18+,20+/m0/s1. The van der Waals surface area contributed by atoms with Crippen LogP contribution in [0.3, 0.4) is 0 Å². The highest BCUT2D eigenvalue weighted by atomic mass is 80.0. The van der Waals surface area contributed by atoms with Crippen molar-refractivity contribution in [3.8, 4) is 17.7 Å². The first kappa shape index (κ1) is 24.6. The van der Waals surface area contributed by atoms with Crippen LogP contribution in [0.15, 0.2) is 48.5 Å². The number of ether oxygens (including phenoxy) is 1. The summed E-state index contributed by atoms with van der Waals surface area (Å²) >= 11 is 10.2. The Bertz CT molecular complexity index is 1100. The van der Waals surface area contributed by atoms with Crippen LogP contribution in [0.25, 0.3) is 0 Å². The Kier molecular flexibility index (Phi) is 6.95. The average molecular weight is 637 g/mol. The first-order chi connectivity index (χ1) is 14.3. The molecule has 1 heterocycles. The lowest BCUT2D eigenvalue weighted by molar-refractivity contribution is 0.179. The minimum Gasteiger partial charge on any atom is -0.439 e. The SMILES string of the molecule is CC1(C)[C@H]([C@@H](OS(C)(=O)=O)C(Br)(Br)Br)[C@]1(C#N)Cc1cccc(Oc2ccccc2)n1. The fraction of sp³-hybridized carbons (Fsp3) is 0.429. The van der Waals surface area contributed by atoms with E-state index < -0.39 is 35.1 Å². The maximum atomic E-state index is 11.9. The predicted molar refractivity (Wildman–Crippen MR) is 129 cm³/mol. The fourth-order valence-electron chi connectivity index (χ4n) is 4.12. The van der Waals surface area contributed by atoms with Gasteiger partial charge in [0.15, 0.2) is 2.14 Å². The number of para-hydroxylation sites is 1. The van der Waals surface area contributed by atoms with Crippen LogP contribution in [0, 0.1) is 28.1 Å². The number of pyridine rings is 1. The summed E-state index contributed by atoms with van der Waals surface area (Å²) < 4.78 is 34.0. The Morgan fingerprint density at radius 3 is 2.35 bits per heavy atom. The van der Waals surface area contributed by atoms with Crippen molar-refractivity contribution in [2.24, 2.45) is 16.7 Å². The summed E-state index contributed by atoms with van der Waals surface area (Å²) in [4.78, 5) is 4.57. The van der Waals surface area contributed by atoms with Crippen LogP contribution < -0.4 is 4.74 Å². The third-order valence-corrected chi connectivity index (χ3v) is 7.60. The lowest BCUT2D eigenvalue weighted by Crippen LogP contribution is -2.34. The van der Waals surface area contributed by atoms with Gasteiger partial charge in [0.1, 0.15) is 11.9 Å². The summed E-state index contributed by atoms with van der Waals surface area (Å²) in [7, 11) is -3.77. The molecule has 0 bridgehead atoms. The van der Waals surface area contributed by atoms with Gasteiger partial charge in [-0.2, -0.15) is 13.7 Å². The van der Waals surface area contributed by atoms with Gasteiger partial charge in [-0.05, 0) is 23.6 Å². The van der Waals surface area contributed by atoms with Gasteiger partial charge in [0.25, 0.3) is 10.1 Å². The van der Waals surface area contributed by atoms with Crippen LogP contribution in [0.2, 0.25) is 0 Å². The minimum absolute atomic E-state index is 0.319. The van der Waals surface area contributed by atoms with E-state index in [0.717, 1.165) is 6.26 Å². The Morgan fingerprint density at radius 2 is 1.81 bits per heavy atom. The molecule has 3 rings (SSSR count). The van der Waals surface area contributed by atoms with E-state index in [2.05, 4.69) is 58.8 Å². The van der Waals surface area contributed by atoms with Gasteiger partial charge < -0.3 is 4.74 Å². The van der Waals surface area contributed by atoms with E-state index in [1.807, 2.05) is 56.3 Å². The van der Waals surface area contributed by atoms with Crippen molar-refractivity contribution in [3.63, 3.8) is 0 Å². The molecule has 1 aromatic heterocycles. The molecule has 1 saturated carbocycles. The molecule has 1 aromatic carbocycles. The molecular formula is C21H21Br3N2O4S. The first-order valence-electron chi connectivity index (χ1n) is 9.35. The van der Waals surface area contributed by atoms with E-state index in [0.29, 0.717) is 23.7 Å². The molecule has 2 aromatic rings. The molecule has 0 aliphatic heterocycles. The molecule has 0 N–H and O–H groups in total. The molecule has 1 aliphatic carbocycles. The van der Waals surface area contributed by atoms with Crippen molar-refractivity contribution >= 4 is 57.9 Å². The van der Waals surface area contributed by atoms with Crippen LogP contribution >= 0.6 is 47.8 Å². The minimum atomic E-state index is -3.77. The number of alkyl halides is 3. The number of hydrogen-bond donors (Lipinski definition) is 0. The van der Waals surface area contributed by atoms with Gasteiger partial charge in [0.2, 0.25) is 5.88 Å². The van der Waals surface area contributed by atoms with Gasteiger partial charge in [-0.3, -0.25) is 4.18 Å². The zero-order valence-electron chi connectivity index (χ0n) is 17.1. The Labute approximate surface area is 207 Å². The molecule has 1 aliphatic rings. The van der Waals surface area contributed by atoms with E-state index in [4.69, 9.17) is 8.92 Å². The van der Waals surface area contributed by atoms with Crippen LogP contribution in [-0.2, 0) is 20.7 Å². The second-order valence-electron chi connectivity index (χ2n) is 8.10. The molecule has 0 amide bonds. The average Bonchev–Trinajstić information content (AvgIpc) is 3.13. The molecule has 1 fully saturated rings. The van der Waals surface area contributed by atoms with Crippen molar-refractivity contribution < 1.29 is 17.3 Å². The third-order valence-electron chi connectivity index (χ3n) is 5.69. The number of hydrogen-bond acceptors (Lipinski definition) is 6. The third kappa shape index (κ3) is 5.33. The molecule has 0 radical (unpaired) electrons. The predicted octanol–water partition coefficient (Wildman–Crippen LogP) is 5.77. The maximum Gasteiger partial charge on any atom is 0.264 e. The van der Waals surface area contributed by atoms with Gasteiger partial charge >= 0.3 is 0 Å². The van der Waals surface area contributed by atoms with Crippen molar-refractivity contribution in [2.45, 2.75) is 28.5 Å². The van der Waals surface area contributed by atoms with Crippen molar-refractivity contribution in [1.29, 1.82) is 5.26 Å². The van der Waals surface area contributed by atoms with E-state index in [9.17, 15) is 13.7 Å². The highest BCUT2D eigenvalue weighted by Gasteiger charge is 2.76. The van der Waals surface area contributed by atoms with E-state index in [1.165, 1.54) is 0 Å². The number of rotatable bonds is 7. The number of nitrogens with zero attached hydrogens (tertiary/aromatic N) is 2. The number of nitriles is 1. The lowest BCUT2D eigenvalue weighted by atomic mass is 9.91. The molecular weight excluding hydrogens is 616 g/mol. The quantitative estimate of drug-likeness (QED) is 0.283. The molecule has 31 heavy (non-hydrogen) atoms. The van der Waals surface area contributed by atoms with E-state index in [-0.39, 0.29) is 0 Å². The Hall–Kier alpha value is -0.990. The van der Waals surface area contributed by atoms with Gasteiger partial charge in [0, 0.05) is 24.1 Å². The second kappa shape index (κ2) is 8.75. The molecule has 166 valence electrons. The lowest BCUT2D eigenvalue weighted by Gasteiger charge is -2.26. The monoisotopic (exact) mass is 634 g/mol. The van der Waals surface area contributed by atoms with Crippen LogP contribution in [0.5, 0.6) is 11.6 Å². The van der Waals surface area contributed by atoms with Gasteiger partial charge in [-0.1, -0.05) is 85.9 Å². The van der Waals surface area contributed by atoms with E-state index >= 15 is 0 Å². The molecule has 3 atom stereocenters. The largest absolute Gasteiger partial charge is 0.439 e. The fourth-order valence-corrected chi connectivity index (χ4v) is 6.19. The Balaban J connectivity index is 1.90. The van der Waals surface area contributed by atoms with Crippen LogP contribution in [-0.4, -0.2) is 27.9 Å². The first-order valence-corrected chi connectivity index (χ1v) is 13.5. The summed E-state index contributed by atoms with van der Waals surface area (Å²) in [5.74, 6) is 0.681. The topological polar surface area (TPSA) is 89.3 Å². The van der Waals surface area contributed by atoms with Crippen LogP contribution in [0.4, 0.5) is 0 Å². The van der Waals surface area contributed by atoms with Gasteiger partial charge in [0.05, 0.1) is 17.7 Å². The maximum absolute atomic E-state index is 11.9. The van der Waals surface area contributed by atoms with E-state index in [1.54, 1.807) is 6.07 Å². The zero-order chi connectivity index (χ0) is 23.1. The number of aromatic nitrogens is 1. The molecule has 0 unspecified atom stereocenters. The Morgan fingerprint density at radius 1 is 1.16 bits per heavy atom. The highest BCUT2D eigenvalue weighted by Crippen LogP contribution is 2.74. The number of benzene rings is 1. The summed E-state index contributed by atoms with van der Waals surface area (Å²) in [5.41, 5.74) is -0.746. The summed E-state index contributed by atoms with van der Waals surface area (Å²) in [5, 5.41) is 10.2. The molecule has 6 nitrogen and oxygen atoms in total. The van der Waals surface area contributed by atoms with Crippen molar-refractivity contribution in [1.82, 2.24) is 4.98 Å². The smallest absolute Gasteiger partial charge is 0.264 e. The highest BCUT2D eigenvalue weighted by molar-refractivity contribution is 9.39. The molecule has 0 spiro atoms. The van der Waals surface area contributed by atoms with Gasteiger partial charge in [-0.25, -0.2) is 4.98 Å². The summed E-state index contributed by atoms with van der Waals surface area (Å²) in [6.45, 7) is 3.87. The second-order valence-corrected chi connectivity index (χ2v) is 16.6. The van der Waals surface area contributed by atoms with Crippen molar-refractivity contribution in [2.75, 3.05) is 6.26 Å². The van der Waals surface area contributed by atoms with Crippen molar-refractivity contribution in [3.05, 3.63) is 54.2 Å². The van der Waals surface area contributed by atoms with Gasteiger partial charge in [-0.15, -0.1) is 0 Å². The summed E-state index contributed by atoms with van der Waals surface area (Å²) in [6.07, 6.45) is 0.439. The molecule has 10 heteroatoms. The summed E-state index contributed by atoms with van der Waals surface area (Å²) in [6, 6.07) is 17.1.